The lowest BCUT2D eigenvalue weighted by atomic mass is 10.0. The highest BCUT2D eigenvalue weighted by molar-refractivity contribution is 5.80. The summed E-state index contributed by atoms with van der Waals surface area (Å²) < 4.78 is 45.0. The number of carboxylic acid groups (broad SMARTS) is 1. The number of ether oxygens (including phenoxy) is 1. The van der Waals surface area contributed by atoms with Gasteiger partial charge in [0.1, 0.15) is 17.5 Å². The number of halogens is 3. The number of carbonyl (C=O) groups is 2. The third-order valence-corrected chi connectivity index (χ3v) is 2.54. The number of rotatable bonds is 4. The Morgan fingerprint density at radius 1 is 1.23 bits per heavy atom. The van der Waals surface area contributed by atoms with E-state index in [1.165, 1.54) is 0 Å². The Labute approximate surface area is 125 Å². The predicted octanol–water partition coefficient (Wildman–Crippen LogP) is 2.62. The lowest BCUT2D eigenvalue weighted by Gasteiger charge is -2.22. The van der Waals surface area contributed by atoms with Crippen LogP contribution < -0.4 is 5.32 Å². The zero-order valence-electron chi connectivity index (χ0n) is 12.2. The molecule has 0 saturated carbocycles. The summed E-state index contributed by atoms with van der Waals surface area (Å²) in [6.07, 6.45) is -1.82. The molecule has 0 saturated heterocycles. The van der Waals surface area contributed by atoms with Crippen molar-refractivity contribution in [3.63, 3.8) is 0 Å². The Hall–Kier alpha value is -2.25. The molecule has 0 aliphatic heterocycles. The van der Waals surface area contributed by atoms with Crippen molar-refractivity contribution in [2.24, 2.45) is 0 Å². The van der Waals surface area contributed by atoms with Crippen LogP contribution >= 0.6 is 0 Å². The van der Waals surface area contributed by atoms with Gasteiger partial charge in [-0.1, -0.05) is 0 Å². The molecule has 22 heavy (non-hydrogen) atoms. The van der Waals surface area contributed by atoms with Crippen molar-refractivity contribution < 1.29 is 32.6 Å². The minimum atomic E-state index is -1.67. The fraction of sp³-hybridized carbons (Fsp3) is 0.429. The highest BCUT2D eigenvalue weighted by Crippen LogP contribution is 2.18. The number of carbonyl (C=O) groups excluding carboxylic acids is 1. The number of amides is 1. The standard InChI is InChI=1S/C14H16F3NO4/c1-14(2,3)22-13(21)18-10(12(19)20)6-7-8(15)4-5-9(16)11(7)17/h4-5,10H,6H2,1-3H3,(H,18,21)(H,19,20)/t10-/m0/s1. The molecule has 1 aromatic rings. The van der Waals surface area contributed by atoms with Crippen molar-refractivity contribution in [1.29, 1.82) is 0 Å². The van der Waals surface area contributed by atoms with Crippen LogP contribution in [0.4, 0.5) is 18.0 Å². The van der Waals surface area contributed by atoms with Crippen LogP contribution in [0.3, 0.4) is 0 Å². The highest BCUT2D eigenvalue weighted by atomic mass is 19.2. The number of hydrogen-bond donors (Lipinski definition) is 2. The van der Waals surface area contributed by atoms with Crippen molar-refractivity contribution in [1.82, 2.24) is 5.32 Å². The third-order valence-electron chi connectivity index (χ3n) is 2.54. The van der Waals surface area contributed by atoms with Crippen molar-refractivity contribution in [2.45, 2.75) is 38.8 Å². The molecule has 1 amide bonds. The summed E-state index contributed by atoms with van der Waals surface area (Å²) in [7, 11) is 0. The van der Waals surface area contributed by atoms with E-state index in [4.69, 9.17) is 9.84 Å². The summed E-state index contributed by atoms with van der Waals surface area (Å²) in [5.41, 5.74) is -1.63. The molecule has 0 unspecified atom stereocenters. The Balaban J connectivity index is 2.93. The average Bonchev–Trinajstić information content (AvgIpc) is 2.35. The Morgan fingerprint density at radius 2 is 1.77 bits per heavy atom. The van der Waals surface area contributed by atoms with Crippen LogP contribution in [0.5, 0.6) is 0 Å². The van der Waals surface area contributed by atoms with Gasteiger partial charge in [-0.25, -0.2) is 22.8 Å². The molecule has 0 heterocycles. The topological polar surface area (TPSA) is 75.6 Å². The van der Waals surface area contributed by atoms with Gasteiger partial charge >= 0.3 is 12.1 Å². The van der Waals surface area contributed by atoms with E-state index in [9.17, 15) is 22.8 Å². The van der Waals surface area contributed by atoms with Gasteiger partial charge in [-0.05, 0) is 32.9 Å². The van der Waals surface area contributed by atoms with E-state index in [1.54, 1.807) is 20.8 Å². The molecule has 5 nitrogen and oxygen atoms in total. The fourth-order valence-corrected chi connectivity index (χ4v) is 1.61. The molecule has 122 valence electrons. The molecule has 2 N–H and O–H groups in total. The summed E-state index contributed by atoms with van der Waals surface area (Å²) in [6, 6.07) is -0.397. The molecule has 0 fully saturated rings. The summed E-state index contributed by atoms with van der Waals surface area (Å²) in [5, 5.41) is 11.0. The zero-order valence-corrected chi connectivity index (χ0v) is 12.2. The lowest BCUT2D eigenvalue weighted by molar-refractivity contribution is -0.139. The summed E-state index contributed by atoms with van der Waals surface area (Å²) in [4.78, 5) is 22.6. The van der Waals surface area contributed by atoms with E-state index in [0.717, 1.165) is 0 Å². The van der Waals surface area contributed by atoms with Gasteiger partial charge in [0.2, 0.25) is 0 Å². The molecule has 0 spiro atoms. The molecule has 8 heteroatoms. The van der Waals surface area contributed by atoms with Crippen LogP contribution in [0, 0.1) is 17.5 Å². The van der Waals surface area contributed by atoms with Gasteiger partial charge < -0.3 is 15.2 Å². The molecule has 1 rings (SSSR count). The van der Waals surface area contributed by atoms with Crippen LogP contribution in [0.25, 0.3) is 0 Å². The van der Waals surface area contributed by atoms with Gasteiger partial charge in [0, 0.05) is 12.0 Å². The number of aliphatic carboxylic acids is 1. The number of benzene rings is 1. The SMILES string of the molecule is CC(C)(C)OC(=O)N[C@@H](Cc1c(F)ccc(F)c1F)C(=O)O. The van der Waals surface area contributed by atoms with Crippen LogP contribution in [-0.4, -0.2) is 28.8 Å². The molecular weight excluding hydrogens is 303 g/mol. The van der Waals surface area contributed by atoms with Crippen LogP contribution in [0.1, 0.15) is 26.3 Å². The van der Waals surface area contributed by atoms with Gasteiger partial charge in [0.05, 0.1) is 0 Å². The Kier molecular flexibility index (Phi) is 5.40. The van der Waals surface area contributed by atoms with Crippen molar-refractivity contribution >= 4 is 12.1 Å². The normalized spacial score (nSPS) is 12.6. The van der Waals surface area contributed by atoms with E-state index >= 15 is 0 Å². The summed E-state index contributed by atoms with van der Waals surface area (Å²) in [6.45, 7) is 4.69. The molecule has 1 aromatic carbocycles. The fourth-order valence-electron chi connectivity index (χ4n) is 1.61. The smallest absolute Gasteiger partial charge is 0.408 e. The van der Waals surface area contributed by atoms with E-state index in [-0.39, 0.29) is 0 Å². The molecule has 0 aliphatic rings. The van der Waals surface area contributed by atoms with Crippen molar-refractivity contribution in [3.8, 4) is 0 Å². The van der Waals surface area contributed by atoms with Gasteiger partial charge in [0.15, 0.2) is 11.6 Å². The van der Waals surface area contributed by atoms with E-state index in [2.05, 4.69) is 0 Å². The highest BCUT2D eigenvalue weighted by Gasteiger charge is 2.27. The number of nitrogens with one attached hydrogen (secondary N) is 1. The number of alkyl carbamates (subject to hydrolysis) is 1. The van der Waals surface area contributed by atoms with E-state index in [1.807, 2.05) is 5.32 Å². The van der Waals surface area contributed by atoms with Gasteiger partial charge in [0.25, 0.3) is 0 Å². The van der Waals surface area contributed by atoms with Crippen LogP contribution in [0.15, 0.2) is 12.1 Å². The monoisotopic (exact) mass is 319 g/mol. The first-order chi connectivity index (χ1) is 10.0. The van der Waals surface area contributed by atoms with Gasteiger partial charge in [-0.15, -0.1) is 0 Å². The van der Waals surface area contributed by atoms with Crippen LogP contribution in [0.2, 0.25) is 0 Å². The minimum Gasteiger partial charge on any atom is -0.480 e. The predicted molar refractivity (Wildman–Crippen MR) is 70.8 cm³/mol. The van der Waals surface area contributed by atoms with E-state index in [0.29, 0.717) is 12.1 Å². The van der Waals surface area contributed by atoms with Gasteiger partial charge in [-0.2, -0.15) is 0 Å². The first-order valence-electron chi connectivity index (χ1n) is 6.36. The quantitative estimate of drug-likeness (QED) is 0.837. The first-order valence-corrected chi connectivity index (χ1v) is 6.36. The first kappa shape index (κ1) is 17.8. The molecule has 1 atom stereocenters. The van der Waals surface area contributed by atoms with Gasteiger partial charge in [-0.3, -0.25) is 0 Å². The summed E-state index contributed by atoms with van der Waals surface area (Å²) in [5.74, 6) is -5.43. The molecule has 0 bridgehead atoms. The maximum atomic E-state index is 13.5. The second-order valence-corrected chi connectivity index (χ2v) is 5.56. The Morgan fingerprint density at radius 3 is 2.27 bits per heavy atom. The Bertz CT molecular complexity index is 584. The number of hydrogen-bond acceptors (Lipinski definition) is 3. The van der Waals surface area contributed by atoms with E-state index < -0.39 is 53.1 Å². The average molecular weight is 319 g/mol. The second kappa shape index (κ2) is 6.67. The second-order valence-electron chi connectivity index (χ2n) is 5.56. The number of carboxylic acids is 1. The largest absolute Gasteiger partial charge is 0.480 e. The molecule has 0 aliphatic carbocycles. The zero-order chi connectivity index (χ0) is 17.1. The van der Waals surface area contributed by atoms with Crippen LogP contribution in [-0.2, 0) is 16.0 Å². The minimum absolute atomic E-state index is 0.589. The maximum absolute atomic E-state index is 13.5. The van der Waals surface area contributed by atoms with Crippen molar-refractivity contribution in [2.75, 3.05) is 0 Å². The molecule has 0 aromatic heterocycles. The molecule has 0 radical (unpaired) electrons. The third kappa shape index (κ3) is 4.94. The lowest BCUT2D eigenvalue weighted by Crippen LogP contribution is -2.45. The molecular formula is C14H16F3NO4. The van der Waals surface area contributed by atoms with Crippen molar-refractivity contribution in [3.05, 3.63) is 35.1 Å². The summed E-state index contributed by atoms with van der Waals surface area (Å²) >= 11 is 0. The maximum Gasteiger partial charge on any atom is 0.408 e.